The van der Waals surface area contributed by atoms with Crippen LogP contribution in [-0.2, 0) is 104 Å². The monoisotopic (exact) mass is 1840 g/mol. The second-order valence-corrected chi connectivity index (χ2v) is 31.4. The minimum absolute atomic E-state index is 0.884. The molecule has 2 amide bonds. The average molecular weight is 1840 g/mol. The van der Waals surface area contributed by atoms with E-state index in [4.69, 9.17) is 90.0 Å². The Hall–Kier alpha value is -3.63. The van der Waals surface area contributed by atoms with Crippen molar-refractivity contribution in [2.45, 2.75) is 339 Å². The first-order valence-corrected chi connectivity index (χ1v) is 39.4. The molecule has 52 atom stereocenters. The van der Waals surface area contributed by atoms with Gasteiger partial charge in [-0.05, 0) is 0 Å². The molecule has 0 bridgehead atoms. The summed E-state index contributed by atoms with van der Waals surface area (Å²) in [5.41, 5.74) is 0. The van der Waals surface area contributed by atoms with Gasteiger partial charge in [0.05, 0.1) is 72.2 Å². The molecule has 35 N–H and O–H groups in total. The number of amides is 2. The van der Waals surface area contributed by atoms with Crippen molar-refractivity contribution in [2.75, 3.05) is 66.1 Å². The molecule has 125 heavy (non-hydrogen) atoms. The van der Waals surface area contributed by atoms with E-state index in [-0.39, 0.29) is 0 Å². The van der Waals surface area contributed by atoms with Crippen molar-refractivity contribution in [1.29, 1.82) is 0 Å². The molecule has 10 aliphatic rings. The summed E-state index contributed by atoms with van der Waals surface area (Å²) >= 11 is 0. The van der Waals surface area contributed by atoms with Crippen LogP contribution in [0.5, 0.6) is 0 Å². The number of carboxylic acid groups (broad SMARTS) is 1. The predicted molar refractivity (Wildman–Crippen MR) is 376 cm³/mol. The van der Waals surface area contributed by atoms with Gasteiger partial charge < -0.3 is 269 Å². The maximum absolute atomic E-state index is 12.9. The first kappa shape index (κ1) is 103. The van der Waals surface area contributed by atoms with Crippen molar-refractivity contribution in [3.8, 4) is 0 Å². The lowest BCUT2D eigenvalue weighted by atomic mass is 9.91. The van der Waals surface area contributed by atoms with Crippen molar-refractivity contribution in [2.24, 2.45) is 0 Å². The zero-order valence-corrected chi connectivity index (χ0v) is 66.0. The molecule has 10 heterocycles. The van der Waals surface area contributed by atoms with E-state index in [2.05, 4.69) is 10.6 Å². The summed E-state index contributed by atoms with van der Waals surface area (Å²) in [6.07, 6.45) is -114. The van der Waals surface area contributed by atoms with Crippen LogP contribution in [0.3, 0.4) is 0 Å². The van der Waals surface area contributed by atoms with Gasteiger partial charge in [0.1, 0.15) is 250 Å². The van der Waals surface area contributed by atoms with Crippen molar-refractivity contribution >= 4 is 17.8 Å². The van der Waals surface area contributed by atoms with E-state index >= 15 is 0 Å². The molecule has 10 fully saturated rings. The third kappa shape index (κ3) is 22.1. The lowest BCUT2D eigenvalue weighted by Gasteiger charge is -2.53. The topological polar surface area (TPSA) is 918 Å². The van der Waals surface area contributed by atoms with E-state index in [1.165, 1.54) is 0 Å². The molecule has 0 saturated carbocycles. The summed E-state index contributed by atoms with van der Waals surface area (Å²) in [5.74, 6) is -7.49. The summed E-state index contributed by atoms with van der Waals surface area (Å²) in [5, 5.41) is 371. The van der Waals surface area contributed by atoms with Gasteiger partial charge in [0, 0.05) is 20.3 Å². The molecule has 57 nitrogen and oxygen atoms in total. The number of carboxylic acids is 1. The molecule has 0 aliphatic carbocycles. The summed E-state index contributed by atoms with van der Waals surface area (Å²) in [6.45, 7) is -10.6. The van der Waals surface area contributed by atoms with E-state index < -0.39 is 409 Å². The van der Waals surface area contributed by atoms with Crippen molar-refractivity contribution in [1.82, 2.24) is 10.6 Å². The number of aliphatic hydroxyl groups excluding tert-OH is 31. The van der Waals surface area contributed by atoms with Crippen LogP contribution in [0.4, 0.5) is 0 Å². The molecule has 10 rings (SSSR count). The number of hydrogen-bond donors (Lipinski definition) is 35. The third-order valence-electron chi connectivity index (χ3n) is 22.9. The zero-order valence-electron chi connectivity index (χ0n) is 66.0. The van der Waals surface area contributed by atoms with Gasteiger partial charge in [0.25, 0.3) is 5.79 Å². The van der Waals surface area contributed by atoms with Gasteiger partial charge in [-0.2, -0.15) is 0 Å². The number of ether oxygens (including phenoxy) is 19. The second kappa shape index (κ2) is 44.5. The van der Waals surface area contributed by atoms with Crippen LogP contribution in [0.2, 0.25) is 0 Å². The Balaban J connectivity index is 0.948. The molecule has 726 valence electrons. The second-order valence-electron chi connectivity index (χ2n) is 31.4. The van der Waals surface area contributed by atoms with E-state index in [0.29, 0.717) is 0 Å². The number of carbonyl (C=O) groups is 3. The first-order valence-electron chi connectivity index (χ1n) is 39.4. The number of aliphatic hydroxyl groups is 32. The van der Waals surface area contributed by atoms with Gasteiger partial charge in [-0.15, -0.1) is 0 Å². The maximum Gasteiger partial charge on any atom is 0.364 e. The van der Waals surface area contributed by atoms with Gasteiger partial charge in [-0.25, -0.2) is 4.79 Å². The predicted octanol–water partition coefficient (Wildman–Crippen LogP) is -23.9. The van der Waals surface area contributed by atoms with Crippen LogP contribution in [0.25, 0.3) is 0 Å². The molecule has 1 unspecified atom stereocenters. The van der Waals surface area contributed by atoms with E-state index in [0.717, 1.165) is 13.8 Å². The van der Waals surface area contributed by atoms with E-state index in [1.807, 2.05) is 0 Å². The fourth-order valence-corrected chi connectivity index (χ4v) is 16.1. The SMILES string of the molecule is CC(=O)N[C@H]1[C@H](O[C@H]2[C@@H](O)[C@@H](CO)O[C@@H](O[C@H]3[C@H](O)[C@@H](O)[C@H](O[C@H]4[C@H](O)[C@@H](O)[C@H](O[C@H]5[C@H](O[C@H]6O[C@H]([C@@H](O)CO)[C@@H](O)[C@H](O[C@H]7O[C@H](CO)[C@@H](O)[C@H](O)[C@H]7O)[C@@H]6O[C@H]6O[C@H](CO)[C@@H](O)[C@H](O)[C@H]6NC(C)=O)[C@H](O)[C@@H](O[C@H]6[C@@H]([C@H](O)CO)OC(O)(C(=O)O)C[C@H]6O)O[C@@H]5[C@@H](O)CO)O[C@@H]4CO)O[C@@H]3CO)[C@@H]2O)O[C@H](CO)[C@@H](O[C@@H]2O[C@H](CO)[C@H](O)[C@H](O)[C@H]2O)[C@@H]1O. The molecule has 10 saturated heterocycles. The Morgan fingerprint density at radius 1 is 0.296 bits per heavy atom. The summed E-state index contributed by atoms with van der Waals surface area (Å²) in [4.78, 5) is 37.8. The van der Waals surface area contributed by atoms with Gasteiger partial charge in [-0.1, -0.05) is 0 Å². The molecule has 0 spiro atoms. The Kier molecular flexibility index (Phi) is 36.8. The van der Waals surface area contributed by atoms with Crippen molar-refractivity contribution < 1.29 is 273 Å². The maximum atomic E-state index is 12.9. The van der Waals surface area contributed by atoms with Gasteiger partial charge in [-0.3, -0.25) is 9.59 Å². The smallest absolute Gasteiger partial charge is 0.364 e. The highest BCUT2D eigenvalue weighted by Crippen LogP contribution is 2.44. The fourth-order valence-electron chi connectivity index (χ4n) is 16.1. The van der Waals surface area contributed by atoms with E-state index in [1.54, 1.807) is 0 Å². The number of nitrogens with one attached hydrogen (secondary N) is 2. The molecule has 10 aliphatic heterocycles. The summed E-state index contributed by atoms with van der Waals surface area (Å²) in [6, 6.07) is -3.88. The summed E-state index contributed by atoms with van der Waals surface area (Å²) < 4.78 is 112. The number of rotatable bonds is 34. The standard InChI is InChI=1S/C68H114N2O55/c1-14(81)69-27-33(91)29(87)20(7-74)107-58(27)124-57-54(121-61-40(98)36(94)31(89)22(9-76)109-61)43(101)46(17(84)4-71)114-66(57)122-55-45(103)65(115-47-16(83)3-68(106,67(104)105)125-49(47)19(86)6-73)116-48(18(85)5-72)56(55)123-63-42(100)38(96)51(25(12-79)113-63)118-62-41(99)37(95)52(26(13-80)112-62)119-64-44(102)53(32(90)23(10-77)110-64)120-59-28(70-15(2)82)34(92)50(24(11-78)111-59)117-60-39(97)35(93)30(88)21(8-75)108-60/h16-66,71-80,83-103,106H,3-13H2,1-2H3,(H,69,81)(H,70,82)(H,104,105)/t16-,17+,18+,19-,20-,21-,22-,23-,24-,25-,26-,27-,28-,29-,30+,31-,32+,33-,34-,35+,36+,37-,38-,39-,40-,41-,42-,43-,44-,45+,46-,47-,48-,49-,50-,51-,52-,53+,54+,55-,56-,57+,58-,59+,60+,61-,62+,63+,64+,65+,66-,68?/m1/s1. The van der Waals surface area contributed by atoms with Gasteiger partial charge in [0.15, 0.2) is 56.6 Å². The lowest BCUT2D eigenvalue weighted by molar-refractivity contribution is -0.422. The Morgan fingerprint density at radius 3 is 1.02 bits per heavy atom. The minimum atomic E-state index is -3.38. The molecule has 0 aromatic rings. The van der Waals surface area contributed by atoms with Gasteiger partial charge >= 0.3 is 5.97 Å². The number of carbonyl (C=O) groups excluding carboxylic acids is 2. The highest BCUT2D eigenvalue weighted by atomic mass is 16.8. The molecule has 0 radical (unpaired) electrons. The normalized spacial score (nSPS) is 49.7. The molecular weight excluding hydrogens is 1720 g/mol. The van der Waals surface area contributed by atoms with Crippen LogP contribution in [-0.4, -0.2) is 571 Å². The number of hydrogen-bond acceptors (Lipinski definition) is 54. The van der Waals surface area contributed by atoms with E-state index in [9.17, 15) is 183 Å². The van der Waals surface area contributed by atoms with Crippen LogP contribution >= 0.6 is 0 Å². The molecular formula is C68H114N2O55. The lowest BCUT2D eigenvalue weighted by Crippen LogP contribution is -2.72. The molecule has 57 heteroatoms. The highest BCUT2D eigenvalue weighted by Gasteiger charge is 2.64. The quantitative estimate of drug-likeness (QED) is 0.0284. The Bertz CT molecular complexity index is 3340. The first-order chi connectivity index (χ1) is 59.1. The van der Waals surface area contributed by atoms with Gasteiger partial charge in [0.2, 0.25) is 11.8 Å². The minimum Gasteiger partial charge on any atom is -0.477 e. The average Bonchev–Trinajstić information content (AvgIpc) is 0.753. The zero-order chi connectivity index (χ0) is 92.3. The van der Waals surface area contributed by atoms with Crippen LogP contribution < -0.4 is 10.6 Å². The fraction of sp³-hybridized carbons (Fsp3) is 0.956. The highest BCUT2D eigenvalue weighted by molar-refractivity contribution is 5.75. The van der Waals surface area contributed by atoms with Crippen LogP contribution in [0, 0.1) is 0 Å². The van der Waals surface area contributed by atoms with Crippen molar-refractivity contribution in [3.05, 3.63) is 0 Å². The Labute approximate surface area is 704 Å². The number of aliphatic carboxylic acids is 1. The third-order valence-corrected chi connectivity index (χ3v) is 22.9. The summed E-state index contributed by atoms with van der Waals surface area (Å²) in [7, 11) is 0. The molecule has 0 aromatic heterocycles. The van der Waals surface area contributed by atoms with Crippen LogP contribution in [0.1, 0.15) is 20.3 Å². The largest absolute Gasteiger partial charge is 0.477 e. The molecule has 0 aromatic carbocycles. The van der Waals surface area contributed by atoms with Crippen molar-refractivity contribution in [3.63, 3.8) is 0 Å². The Morgan fingerprint density at radius 2 is 0.592 bits per heavy atom. The van der Waals surface area contributed by atoms with Crippen LogP contribution in [0.15, 0.2) is 0 Å².